The van der Waals surface area contributed by atoms with E-state index in [-0.39, 0.29) is 25.0 Å². The number of benzene rings is 2. The van der Waals surface area contributed by atoms with Crippen LogP contribution in [0.1, 0.15) is 57.1 Å². The topological polar surface area (TPSA) is 66.8 Å². The first-order valence-electron chi connectivity index (χ1n) is 10.2. The fourth-order valence-corrected chi connectivity index (χ4v) is 4.22. The van der Waals surface area contributed by atoms with Crippen LogP contribution in [0.15, 0.2) is 42.5 Å². The van der Waals surface area contributed by atoms with Gasteiger partial charge in [-0.2, -0.15) is 0 Å². The van der Waals surface area contributed by atoms with Crippen LogP contribution < -0.4 is 15.1 Å². The molecule has 0 aliphatic carbocycles. The second kappa shape index (κ2) is 8.32. The molecule has 1 amide bonds. The van der Waals surface area contributed by atoms with E-state index in [0.29, 0.717) is 5.75 Å². The lowest BCUT2D eigenvalue weighted by Gasteiger charge is -2.26. The Morgan fingerprint density at radius 1 is 1.17 bits per heavy atom. The molecule has 29 heavy (non-hydrogen) atoms. The summed E-state index contributed by atoms with van der Waals surface area (Å²) in [6, 6.07) is 13.6. The van der Waals surface area contributed by atoms with Gasteiger partial charge in [-0.3, -0.25) is 14.5 Å². The van der Waals surface area contributed by atoms with Gasteiger partial charge in [0.1, 0.15) is 13.6 Å². The molecule has 0 aromatic heterocycles. The second-order valence-corrected chi connectivity index (χ2v) is 7.88. The fraction of sp³-hybridized carbons (Fsp3) is 0.391. The molecule has 0 saturated heterocycles. The molecule has 1 atom stereocenters. The van der Waals surface area contributed by atoms with Crippen LogP contribution in [0.4, 0.5) is 5.69 Å². The smallest absolute Gasteiger partial charge is 0.303 e. The van der Waals surface area contributed by atoms with Gasteiger partial charge in [-0.15, -0.1) is 0 Å². The van der Waals surface area contributed by atoms with E-state index < -0.39 is 11.4 Å². The largest absolute Gasteiger partial charge is 0.481 e. The Balaban J connectivity index is 1.77. The average Bonchev–Trinajstić information content (AvgIpc) is 2.93. The lowest BCUT2D eigenvalue weighted by atomic mass is 9.75. The Morgan fingerprint density at radius 3 is 2.41 bits per heavy atom. The Hall–Kier alpha value is -2.76. The minimum absolute atomic E-state index is 0.0634. The first kappa shape index (κ1) is 21.0. The van der Waals surface area contributed by atoms with Crippen LogP contribution in [0, 0.1) is 0 Å². The summed E-state index contributed by atoms with van der Waals surface area (Å²) in [5.74, 6) is -0.126. The molecule has 0 spiro atoms. The molecule has 1 aliphatic rings. The molecular formula is C23H28BNO4. The number of hydrogen-bond acceptors (Lipinski definition) is 3. The Morgan fingerprint density at radius 2 is 1.83 bits per heavy atom. The van der Waals surface area contributed by atoms with Crippen LogP contribution in [-0.4, -0.2) is 31.6 Å². The molecule has 1 unspecified atom stereocenters. The number of rotatable bonds is 8. The highest BCUT2D eigenvalue weighted by molar-refractivity contribution is 6.32. The van der Waals surface area contributed by atoms with Gasteiger partial charge in [0.05, 0.1) is 17.5 Å². The first-order valence-corrected chi connectivity index (χ1v) is 10.2. The number of anilines is 1. The maximum absolute atomic E-state index is 13.3. The van der Waals surface area contributed by atoms with Crippen molar-refractivity contribution in [3.63, 3.8) is 0 Å². The summed E-state index contributed by atoms with van der Waals surface area (Å²) in [6.45, 7) is 6.17. The Bertz CT molecular complexity index is 906. The molecule has 2 aromatic rings. The maximum atomic E-state index is 13.3. The number of aliphatic carboxylic acids is 1. The van der Waals surface area contributed by atoms with Crippen molar-refractivity contribution in [1.82, 2.24) is 0 Å². The number of hydrogen-bond donors (Lipinski definition) is 1. The van der Waals surface area contributed by atoms with Gasteiger partial charge in [0.25, 0.3) is 0 Å². The number of amides is 1. The number of carbonyl (C=O) groups excluding carboxylic acids is 1. The van der Waals surface area contributed by atoms with Gasteiger partial charge in [-0.05, 0) is 48.1 Å². The first-order chi connectivity index (χ1) is 13.8. The van der Waals surface area contributed by atoms with Crippen molar-refractivity contribution in [1.29, 1.82) is 0 Å². The highest BCUT2D eigenvalue weighted by Gasteiger charge is 2.48. The fourth-order valence-electron chi connectivity index (χ4n) is 4.22. The third kappa shape index (κ3) is 3.89. The van der Waals surface area contributed by atoms with Crippen molar-refractivity contribution in [2.45, 2.75) is 51.4 Å². The van der Waals surface area contributed by atoms with Gasteiger partial charge in [0, 0.05) is 0 Å². The van der Waals surface area contributed by atoms with Gasteiger partial charge in [-0.1, -0.05) is 50.5 Å². The van der Waals surface area contributed by atoms with Crippen LogP contribution >= 0.6 is 0 Å². The Labute approximate surface area is 173 Å². The highest BCUT2D eigenvalue weighted by atomic mass is 16.5. The minimum atomic E-state index is -0.811. The predicted molar refractivity (Wildman–Crippen MR) is 117 cm³/mol. The van der Waals surface area contributed by atoms with Crippen molar-refractivity contribution < 1.29 is 19.4 Å². The quantitative estimate of drug-likeness (QED) is 0.701. The zero-order valence-electron chi connectivity index (χ0n) is 17.6. The van der Waals surface area contributed by atoms with Crippen LogP contribution in [0.5, 0.6) is 5.75 Å². The molecule has 2 aromatic carbocycles. The van der Waals surface area contributed by atoms with Crippen molar-refractivity contribution >= 4 is 30.9 Å². The van der Waals surface area contributed by atoms with Crippen LogP contribution in [0.25, 0.3) is 0 Å². The lowest BCUT2D eigenvalue weighted by molar-refractivity contribution is -0.137. The lowest BCUT2D eigenvalue weighted by Crippen LogP contribution is -2.41. The van der Waals surface area contributed by atoms with Gasteiger partial charge < -0.3 is 9.84 Å². The SMILES string of the molecule is Bc1ccc2c(c1)C(CC)(CC)C(=O)N2COc1ccc(C(C)CC(=O)O)cc1. The van der Waals surface area contributed by atoms with Gasteiger partial charge in [0.15, 0.2) is 6.73 Å². The molecular weight excluding hydrogens is 365 g/mol. The molecule has 1 heterocycles. The molecule has 5 nitrogen and oxygen atoms in total. The van der Waals surface area contributed by atoms with E-state index >= 15 is 0 Å². The van der Waals surface area contributed by atoms with E-state index in [4.69, 9.17) is 9.84 Å². The highest BCUT2D eigenvalue weighted by Crippen LogP contribution is 2.45. The third-order valence-corrected chi connectivity index (χ3v) is 6.11. The summed E-state index contributed by atoms with van der Waals surface area (Å²) in [5.41, 5.74) is 3.64. The zero-order valence-corrected chi connectivity index (χ0v) is 17.6. The van der Waals surface area contributed by atoms with E-state index in [2.05, 4.69) is 19.9 Å². The molecule has 0 bridgehead atoms. The van der Waals surface area contributed by atoms with Crippen molar-refractivity contribution in [3.8, 4) is 5.75 Å². The van der Waals surface area contributed by atoms with Gasteiger partial charge >= 0.3 is 5.97 Å². The summed E-state index contributed by atoms with van der Waals surface area (Å²) in [7, 11) is 2.05. The second-order valence-electron chi connectivity index (χ2n) is 7.88. The van der Waals surface area contributed by atoms with E-state index in [9.17, 15) is 9.59 Å². The molecule has 152 valence electrons. The summed E-state index contributed by atoms with van der Waals surface area (Å²) < 4.78 is 5.93. The van der Waals surface area contributed by atoms with Crippen molar-refractivity contribution in [3.05, 3.63) is 53.6 Å². The number of carbonyl (C=O) groups is 2. The van der Waals surface area contributed by atoms with Crippen LogP contribution in [-0.2, 0) is 15.0 Å². The van der Waals surface area contributed by atoms with Gasteiger partial charge in [-0.25, -0.2) is 0 Å². The maximum Gasteiger partial charge on any atom is 0.303 e. The molecule has 3 rings (SSSR count). The van der Waals surface area contributed by atoms with E-state index in [1.807, 2.05) is 51.2 Å². The molecule has 0 fully saturated rings. The van der Waals surface area contributed by atoms with Crippen LogP contribution in [0.3, 0.4) is 0 Å². The molecule has 0 radical (unpaired) electrons. The summed E-state index contributed by atoms with van der Waals surface area (Å²) in [4.78, 5) is 25.9. The average molecular weight is 393 g/mol. The van der Waals surface area contributed by atoms with Crippen molar-refractivity contribution in [2.24, 2.45) is 0 Å². The third-order valence-electron chi connectivity index (χ3n) is 6.11. The van der Waals surface area contributed by atoms with E-state index in [1.165, 1.54) is 0 Å². The molecule has 0 saturated carbocycles. The summed E-state index contributed by atoms with van der Waals surface area (Å²) in [6.07, 6.45) is 1.60. The van der Waals surface area contributed by atoms with Crippen molar-refractivity contribution in [2.75, 3.05) is 11.6 Å². The summed E-state index contributed by atoms with van der Waals surface area (Å²) in [5, 5.41) is 8.95. The van der Waals surface area contributed by atoms with Crippen LogP contribution in [0.2, 0.25) is 0 Å². The summed E-state index contributed by atoms with van der Waals surface area (Å²) >= 11 is 0. The number of fused-ring (bicyclic) bond motifs is 1. The van der Waals surface area contributed by atoms with Gasteiger partial charge in [0.2, 0.25) is 5.91 Å². The van der Waals surface area contributed by atoms with E-state index in [0.717, 1.165) is 35.1 Å². The normalized spacial score (nSPS) is 15.8. The Kier molecular flexibility index (Phi) is 6.01. The molecule has 1 aliphatic heterocycles. The molecule has 6 heteroatoms. The number of carboxylic acid groups (broad SMARTS) is 1. The minimum Gasteiger partial charge on any atom is -0.481 e. The number of carboxylic acids is 1. The zero-order chi connectivity index (χ0) is 21.2. The predicted octanol–water partition coefficient (Wildman–Crippen LogP) is 2.96. The molecule has 1 N–H and O–H groups in total. The van der Waals surface area contributed by atoms with E-state index in [1.54, 1.807) is 4.90 Å². The number of ether oxygens (including phenoxy) is 1. The standard InChI is InChI=1S/C23H28BNO4/c1-4-23(5-2)19-13-17(24)8-11-20(19)25(22(23)28)14-29-18-9-6-16(7-10-18)15(3)12-21(26)27/h6-11,13,15H,4-5,12,14,24H2,1-3H3,(H,26,27). The monoisotopic (exact) mass is 393 g/mol. The number of nitrogens with zero attached hydrogens (tertiary/aromatic N) is 1.